The van der Waals surface area contributed by atoms with E-state index < -0.39 is 6.04 Å². The van der Waals surface area contributed by atoms with E-state index in [1.807, 2.05) is 6.92 Å². The highest BCUT2D eigenvalue weighted by Gasteiger charge is 2.40. The molecule has 1 atom stereocenters. The van der Waals surface area contributed by atoms with Crippen LogP contribution in [0, 0.1) is 0 Å². The quantitative estimate of drug-likeness (QED) is 0.763. The van der Waals surface area contributed by atoms with Crippen LogP contribution in [0.15, 0.2) is 24.3 Å². The summed E-state index contributed by atoms with van der Waals surface area (Å²) in [5.74, 6) is -0.861. The van der Waals surface area contributed by atoms with E-state index in [9.17, 15) is 14.4 Å². The van der Waals surface area contributed by atoms with Crippen LogP contribution in [0.1, 0.15) is 47.4 Å². The molecule has 1 aromatic rings. The second-order valence-corrected chi connectivity index (χ2v) is 4.44. The van der Waals surface area contributed by atoms with Crippen molar-refractivity contribution in [1.82, 2.24) is 4.90 Å². The highest BCUT2D eigenvalue weighted by molar-refractivity contribution is 6.22. The van der Waals surface area contributed by atoms with Crippen molar-refractivity contribution in [2.75, 3.05) is 0 Å². The molecule has 4 nitrogen and oxygen atoms in total. The molecule has 1 aliphatic rings. The van der Waals surface area contributed by atoms with Gasteiger partial charge in [-0.1, -0.05) is 25.5 Å². The second-order valence-electron chi connectivity index (χ2n) is 4.44. The van der Waals surface area contributed by atoms with E-state index in [-0.39, 0.29) is 17.6 Å². The maximum atomic E-state index is 12.2. The summed E-state index contributed by atoms with van der Waals surface area (Å²) in [6.07, 6.45) is 1.26. The van der Waals surface area contributed by atoms with Crippen LogP contribution in [0.5, 0.6) is 0 Å². The fraction of sp³-hybridized carbons (Fsp3) is 0.357. The molecule has 1 heterocycles. The topological polar surface area (TPSA) is 54.5 Å². The Kier molecular flexibility index (Phi) is 3.28. The van der Waals surface area contributed by atoms with Crippen LogP contribution in [-0.4, -0.2) is 28.5 Å². The zero-order valence-corrected chi connectivity index (χ0v) is 10.5. The Hall–Kier alpha value is -1.97. The van der Waals surface area contributed by atoms with E-state index in [4.69, 9.17) is 0 Å². The van der Waals surface area contributed by atoms with Gasteiger partial charge in [-0.25, -0.2) is 0 Å². The number of benzene rings is 1. The molecule has 2 rings (SSSR count). The number of carbonyl (C=O) groups excluding carboxylic acids is 3. The molecule has 18 heavy (non-hydrogen) atoms. The van der Waals surface area contributed by atoms with Gasteiger partial charge >= 0.3 is 0 Å². The normalized spacial score (nSPS) is 15.8. The Labute approximate surface area is 106 Å². The van der Waals surface area contributed by atoms with Gasteiger partial charge in [0.25, 0.3) is 11.8 Å². The molecule has 0 radical (unpaired) electrons. The van der Waals surface area contributed by atoms with E-state index in [1.165, 1.54) is 6.92 Å². The molecule has 0 saturated carbocycles. The van der Waals surface area contributed by atoms with Gasteiger partial charge in [0.2, 0.25) is 0 Å². The number of carbonyl (C=O) groups is 3. The van der Waals surface area contributed by atoms with Gasteiger partial charge in [-0.15, -0.1) is 0 Å². The zero-order valence-electron chi connectivity index (χ0n) is 10.5. The molecule has 0 bridgehead atoms. The summed E-state index contributed by atoms with van der Waals surface area (Å²) >= 11 is 0. The van der Waals surface area contributed by atoms with Crippen molar-refractivity contribution in [2.24, 2.45) is 0 Å². The maximum absolute atomic E-state index is 12.2. The molecule has 0 aromatic heterocycles. The third-order valence-corrected chi connectivity index (χ3v) is 3.17. The van der Waals surface area contributed by atoms with E-state index >= 15 is 0 Å². The number of rotatable bonds is 4. The molecule has 1 aliphatic heterocycles. The Morgan fingerprint density at radius 3 is 2.06 bits per heavy atom. The Bertz CT molecular complexity index is 487. The summed E-state index contributed by atoms with van der Waals surface area (Å²) in [7, 11) is 0. The van der Waals surface area contributed by atoms with Crippen LogP contribution in [0.4, 0.5) is 0 Å². The van der Waals surface area contributed by atoms with Gasteiger partial charge in [0.05, 0.1) is 17.2 Å². The third kappa shape index (κ3) is 1.83. The Morgan fingerprint density at radius 1 is 1.17 bits per heavy atom. The van der Waals surface area contributed by atoms with Gasteiger partial charge in [0.1, 0.15) is 0 Å². The van der Waals surface area contributed by atoms with Crippen molar-refractivity contribution in [3.05, 3.63) is 35.4 Å². The summed E-state index contributed by atoms with van der Waals surface area (Å²) in [6, 6.07) is 6.05. The van der Waals surface area contributed by atoms with E-state index in [0.29, 0.717) is 17.5 Å². The summed E-state index contributed by atoms with van der Waals surface area (Å²) in [4.78, 5) is 37.1. The maximum Gasteiger partial charge on any atom is 0.262 e. The molecule has 0 saturated heterocycles. The number of hydrogen-bond donors (Lipinski definition) is 0. The molecule has 0 N–H and O–H groups in total. The molecule has 0 aliphatic carbocycles. The first kappa shape index (κ1) is 12.5. The van der Waals surface area contributed by atoms with E-state index in [1.54, 1.807) is 24.3 Å². The molecule has 0 spiro atoms. The average molecular weight is 245 g/mol. The van der Waals surface area contributed by atoms with Crippen LogP contribution >= 0.6 is 0 Å². The second kappa shape index (κ2) is 4.72. The lowest BCUT2D eigenvalue weighted by Gasteiger charge is -2.23. The van der Waals surface area contributed by atoms with Crippen LogP contribution < -0.4 is 0 Å². The Balaban J connectivity index is 2.41. The molecule has 1 unspecified atom stereocenters. The predicted molar refractivity (Wildman–Crippen MR) is 66.3 cm³/mol. The van der Waals surface area contributed by atoms with Crippen molar-refractivity contribution in [3.63, 3.8) is 0 Å². The van der Waals surface area contributed by atoms with E-state index in [2.05, 4.69) is 0 Å². The number of amides is 2. The lowest BCUT2D eigenvalue weighted by Crippen LogP contribution is -2.43. The number of imide groups is 1. The monoisotopic (exact) mass is 245 g/mol. The number of nitrogens with zero attached hydrogens (tertiary/aromatic N) is 1. The van der Waals surface area contributed by atoms with Gasteiger partial charge < -0.3 is 0 Å². The fourth-order valence-corrected chi connectivity index (χ4v) is 2.28. The van der Waals surface area contributed by atoms with Crippen molar-refractivity contribution in [1.29, 1.82) is 0 Å². The fourth-order valence-electron chi connectivity index (χ4n) is 2.28. The third-order valence-electron chi connectivity index (χ3n) is 3.17. The van der Waals surface area contributed by atoms with E-state index in [0.717, 1.165) is 11.3 Å². The molecule has 4 heteroatoms. The number of fused-ring (bicyclic) bond motifs is 1. The summed E-state index contributed by atoms with van der Waals surface area (Å²) in [5.41, 5.74) is 0.787. The van der Waals surface area contributed by atoms with Crippen LogP contribution in [0.3, 0.4) is 0 Å². The first-order chi connectivity index (χ1) is 8.57. The van der Waals surface area contributed by atoms with Crippen LogP contribution in [0.2, 0.25) is 0 Å². The van der Waals surface area contributed by atoms with Gasteiger partial charge in [0.15, 0.2) is 5.78 Å². The van der Waals surface area contributed by atoms with Gasteiger partial charge in [-0.05, 0) is 25.5 Å². The minimum atomic E-state index is -0.637. The van der Waals surface area contributed by atoms with Crippen LogP contribution in [-0.2, 0) is 4.79 Å². The highest BCUT2D eigenvalue weighted by atomic mass is 16.2. The van der Waals surface area contributed by atoms with Crippen LogP contribution in [0.25, 0.3) is 0 Å². The van der Waals surface area contributed by atoms with Gasteiger partial charge in [-0.2, -0.15) is 0 Å². The minimum absolute atomic E-state index is 0.147. The van der Waals surface area contributed by atoms with Gasteiger partial charge in [0, 0.05) is 0 Å². The summed E-state index contributed by atoms with van der Waals surface area (Å²) in [6.45, 7) is 3.35. The first-order valence-corrected chi connectivity index (χ1v) is 6.05. The molecular formula is C14H15NO3. The largest absolute Gasteiger partial charge is 0.298 e. The molecular weight excluding hydrogens is 230 g/mol. The predicted octanol–water partition coefficient (Wildman–Crippen LogP) is 2.04. The number of ketones is 1. The minimum Gasteiger partial charge on any atom is -0.298 e. The zero-order chi connectivity index (χ0) is 13.3. The summed E-state index contributed by atoms with van der Waals surface area (Å²) in [5, 5.41) is 0. The highest BCUT2D eigenvalue weighted by Crippen LogP contribution is 2.26. The molecule has 94 valence electrons. The standard InChI is InChI=1S/C14H15NO3/c1-3-6-12(9(2)16)15-13(17)10-7-4-5-8-11(10)14(15)18/h4-5,7-8,12H,3,6H2,1-2H3. The average Bonchev–Trinajstić information content (AvgIpc) is 2.60. The SMILES string of the molecule is CCCC(C(C)=O)N1C(=O)c2ccccc2C1=O. The smallest absolute Gasteiger partial charge is 0.262 e. The number of hydrogen-bond acceptors (Lipinski definition) is 3. The summed E-state index contributed by atoms with van der Waals surface area (Å²) < 4.78 is 0. The van der Waals surface area contributed by atoms with Crippen molar-refractivity contribution in [3.8, 4) is 0 Å². The Morgan fingerprint density at radius 2 is 1.67 bits per heavy atom. The lowest BCUT2D eigenvalue weighted by molar-refractivity contribution is -0.121. The molecule has 1 aromatic carbocycles. The molecule has 2 amide bonds. The van der Waals surface area contributed by atoms with Gasteiger partial charge in [-0.3, -0.25) is 19.3 Å². The first-order valence-electron chi connectivity index (χ1n) is 6.05. The van der Waals surface area contributed by atoms with Crippen molar-refractivity contribution < 1.29 is 14.4 Å². The van der Waals surface area contributed by atoms with Crippen molar-refractivity contribution >= 4 is 17.6 Å². The lowest BCUT2D eigenvalue weighted by atomic mass is 10.1. The number of Topliss-reactive ketones (excluding diaryl/α,β-unsaturated/α-hetero) is 1. The molecule has 0 fully saturated rings. The van der Waals surface area contributed by atoms with Crippen molar-refractivity contribution in [2.45, 2.75) is 32.7 Å².